The molecule has 7 rings (SSSR count). The Morgan fingerprint density at radius 1 is 1.11 bits per heavy atom. The number of amidine groups is 1. The van der Waals surface area contributed by atoms with Gasteiger partial charge in [0.15, 0.2) is 0 Å². The van der Waals surface area contributed by atoms with E-state index in [0.29, 0.717) is 43.9 Å². The molecule has 3 fully saturated rings. The van der Waals surface area contributed by atoms with Gasteiger partial charge in [0.1, 0.15) is 17.2 Å². The zero-order chi connectivity index (χ0) is 23.9. The summed E-state index contributed by atoms with van der Waals surface area (Å²) in [5.74, 6) is 0.673. The predicted octanol–water partition coefficient (Wildman–Crippen LogP) is 3.37. The molecule has 35 heavy (non-hydrogen) atoms. The lowest BCUT2D eigenvalue weighted by atomic mass is 9.97. The third-order valence-electron chi connectivity index (χ3n) is 7.74. The molecule has 0 bridgehead atoms. The number of rotatable bonds is 5. The molecule has 2 aliphatic carbocycles. The summed E-state index contributed by atoms with van der Waals surface area (Å²) in [4.78, 5) is 33.8. The summed E-state index contributed by atoms with van der Waals surface area (Å²) in [7, 11) is 1.88. The maximum Gasteiger partial charge on any atom is 0.256 e. The van der Waals surface area contributed by atoms with Crippen LogP contribution in [0.1, 0.15) is 31.2 Å². The number of amides is 2. The van der Waals surface area contributed by atoms with Crippen molar-refractivity contribution in [3.8, 4) is 11.1 Å². The van der Waals surface area contributed by atoms with Crippen LogP contribution in [-0.4, -0.2) is 62.4 Å². The van der Waals surface area contributed by atoms with Crippen LogP contribution in [0.4, 0.5) is 4.39 Å². The first kappa shape index (κ1) is 20.8. The summed E-state index contributed by atoms with van der Waals surface area (Å²) in [6.07, 6.45) is 5.37. The first-order valence-corrected chi connectivity index (χ1v) is 12.3. The van der Waals surface area contributed by atoms with Crippen LogP contribution in [0.2, 0.25) is 0 Å². The molecule has 0 atom stereocenters. The largest absolute Gasteiger partial charge is 0.342 e. The van der Waals surface area contributed by atoms with Crippen LogP contribution in [0.5, 0.6) is 0 Å². The molecule has 2 aliphatic heterocycles. The fourth-order valence-electron chi connectivity index (χ4n) is 5.38. The highest BCUT2D eigenvalue weighted by atomic mass is 19.1. The van der Waals surface area contributed by atoms with E-state index in [4.69, 9.17) is 4.99 Å². The molecule has 2 saturated carbocycles. The van der Waals surface area contributed by atoms with Gasteiger partial charge in [0, 0.05) is 50.1 Å². The monoisotopic (exact) mass is 471 g/mol. The molecule has 3 aromatic rings. The van der Waals surface area contributed by atoms with E-state index in [-0.39, 0.29) is 23.7 Å². The summed E-state index contributed by atoms with van der Waals surface area (Å²) in [6.45, 7) is 1.80. The van der Waals surface area contributed by atoms with Gasteiger partial charge < -0.3 is 4.90 Å². The highest BCUT2D eigenvalue weighted by Gasteiger charge is 2.58. The molecular weight excluding hydrogens is 445 g/mol. The molecule has 1 aromatic heterocycles. The Kier molecular flexibility index (Phi) is 4.29. The molecule has 3 heterocycles. The summed E-state index contributed by atoms with van der Waals surface area (Å²) in [5, 5.41) is 5.48. The third-order valence-corrected chi connectivity index (χ3v) is 7.74. The Hall–Kier alpha value is -3.55. The first-order valence-electron chi connectivity index (χ1n) is 12.3. The highest BCUT2D eigenvalue weighted by molar-refractivity contribution is 6.16. The van der Waals surface area contributed by atoms with E-state index < -0.39 is 11.4 Å². The molecule has 1 saturated heterocycles. The van der Waals surface area contributed by atoms with Gasteiger partial charge in [-0.05, 0) is 55.0 Å². The minimum absolute atomic E-state index is 0.0245. The first-order chi connectivity index (χ1) is 16.9. The Morgan fingerprint density at radius 2 is 1.86 bits per heavy atom. The fourth-order valence-corrected chi connectivity index (χ4v) is 5.38. The molecule has 0 unspecified atom stereocenters. The van der Waals surface area contributed by atoms with Crippen LogP contribution in [-0.2, 0) is 16.6 Å². The van der Waals surface area contributed by atoms with E-state index in [0.717, 1.165) is 34.9 Å². The molecule has 4 aliphatic rings. The van der Waals surface area contributed by atoms with Crippen molar-refractivity contribution in [2.75, 3.05) is 19.6 Å². The van der Waals surface area contributed by atoms with Crippen molar-refractivity contribution in [1.82, 2.24) is 19.6 Å². The Balaban J connectivity index is 1.14. The minimum atomic E-state index is -0.697. The number of aryl methyl sites for hydroxylation is 1. The van der Waals surface area contributed by atoms with E-state index in [9.17, 15) is 9.59 Å². The molecule has 2 aromatic carbocycles. The lowest BCUT2D eigenvalue weighted by molar-refractivity contribution is -0.139. The van der Waals surface area contributed by atoms with Gasteiger partial charge in [-0.2, -0.15) is 5.10 Å². The van der Waals surface area contributed by atoms with Gasteiger partial charge in [0.2, 0.25) is 5.91 Å². The number of aromatic nitrogens is 2. The van der Waals surface area contributed by atoms with Crippen molar-refractivity contribution in [3.63, 3.8) is 0 Å². The van der Waals surface area contributed by atoms with Crippen molar-refractivity contribution >= 4 is 28.6 Å². The predicted molar refractivity (Wildman–Crippen MR) is 129 cm³/mol. The second-order valence-corrected chi connectivity index (χ2v) is 10.5. The van der Waals surface area contributed by atoms with Crippen LogP contribution in [0, 0.1) is 17.7 Å². The Morgan fingerprint density at radius 3 is 2.57 bits per heavy atom. The van der Waals surface area contributed by atoms with Crippen LogP contribution in [0.15, 0.2) is 47.6 Å². The van der Waals surface area contributed by atoms with Crippen molar-refractivity contribution < 1.29 is 14.0 Å². The maximum atomic E-state index is 15.5. The lowest BCUT2D eigenvalue weighted by Crippen LogP contribution is -2.55. The van der Waals surface area contributed by atoms with Crippen molar-refractivity contribution in [3.05, 3.63) is 54.0 Å². The molecule has 178 valence electrons. The lowest BCUT2D eigenvalue weighted by Gasteiger charge is -2.41. The standard InChI is InChI=1S/C27H26FN5O2/c1-31-15-20-5-4-19(11-23(20)30-31)18-6-7-21(22(28)10-18)24-29-27(8-9-27)26(35)33(24)14-16-12-32(13-16)25(34)17-2-3-17/h4-7,10-11,15-17H,2-3,8-9,12-14H2,1H3. The maximum absolute atomic E-state index is 15.5. The number of fused-ring (bicyclic) bond motifs is 1. The zero-order valence-corrected chi connectivity index (χ0v) is 19.6. The molecule has 7 nitrogen and oxygen atoms in total. The number of benzene rings is 2. The second-order valence-electron chi connectivity index (χ2n) is 10.5. The van der Waals surface area contributed by atoms with E-state index >= 15 is 4.39 Å². The number of carbonyl (C=O) groups is 2. The number of hydrogen-bond donors (Lipinski definition) is 0. The van der Waals surface area contributed by atoms with Crippen LogP contribution >= 0.6 is 0 Å². The zero-order valence-electron chi connectivity index (χ0n) is 19.6. The van der Waals surface area contributed by atoms with E-state index in [1.807, 2.05) is 42.4 Å². The second kappa shape index (κ2) is 7.23. The van der Waals surface area contributed by atoms with Crippen molar-refractivity contribution in [1.29, 1.82) is 0 Å². The number of likely N-dealkylation sites (tertiary alicyclic amines) is 1. The fraction of sp³-hybridized carbons (Fsp3) is 0.407. The molecular formula is C27H26FN5O2. The summed E-state index contributed by atoms with van der Waals surface area (Å²) in [5.41, 5.74) is 2.16. The Labute approximate surface area is 202 Å². The molecule has 0 N–H and O–H groups in total. The number of hydrogen-bond acceptors (Lipinski definition) is 4. The van der Waals surface area contributed by atoms with Gasteiger partial charge in [0.05, 0.1) is 11.1 Å². The molecule has 0 radical (unpaired) electrons. The highest BCUT2D eigenvalue weighted by Crippen LogP contribution is 2.46. The average Bonchev–Trinajstić information content (AvgIpc) is 3.72. The van der Waals surface area contributed by atoms with E-state index in [1.165, 1.54) is 6.07 Å². The molecule has 1 spiro atoms. The topological polar surface area (TPSA) is 70.8 Å². The van der Waals surface area contributed by atoms with Gasteiger partial charge in [-0.15, -0.1) is 0 Å². The number of aliphatic imine (C=N–C) groups is 1. The smallest absolute Gasteiger partial charge is 0.256 e. The number of nitrogens with zero attached hydrogens (tertiary/aromatic N) is 5. The van der Waals surface area contributed by atoms with Crippen LogP contribution < -0.4 is 0 Å². The summed E-state index contributed by atoms with van der Waals surface area (Å²) in [6, 6.07) is 11.0. The van der Waals surface area contributed by atoms with Crippen LogP contribution in [0.3, 0.4) is 0 Å². The summed E-state index contributed by atoms with van der Waals surface area (Å²) >= 11 is 0. The van der Waals surface area contributed by atoms with Crippen molar-refractivity contribution in [2.24, 2.45) is 23.9 Å². The number of halogens is 1. The van der Waals surface area contributed by atoms with E-state index in [1.54, 1.807) is 15.6 Å². The minimum Gasteiger partial charge on any atom is -0.342 e. The average molecular weight is 472 g/mol. The third kappa shape index (κ3) is 3.38. The van der Waals surface area contributed by atoms with E-state index in [2.05, 4.69) is 5.10 Å². The number of carbonyl (C=O) groups excluding carboxylic acids is 2. The molecule has 8 heteroatoms. The molecule has 2 amide bonds. The van der Waals surface area contributed by atoms with Gasteiger partial charge in [-0.1, -0.05) is 18.2 Å². The normalized spacial score (nSPS) is 21.1. The Bertz CT molecular complexity index is 1430. The van der Waals surface area contributed by atoms with Gasteiger partial charge in [-0.25, -0.2) is 4.39 Å². The van der Waals surface area contributed by atoms with Crippen molar-refractivity contribution in [2.45, 2.75) is 31.2 Å². The summed E-state index contributed by atoms with van der Waals surface area (Å²) < 4.78 is 17.2. The van der Waals surface area contributed by atoms with Gasteiger partial charge in [0.25, 0.3) is 5.91 Å². The van der Waals surface area contributed by atoms with Gasteiger partial charge in [-0.3, -0.25) is 24.2 Å². The van der Waals surface area contributed by atoms with Gasteiger partial charge >= 0.3 is 0 Å². The quantitative estimate of drug-likeness (QED) is 0.573. The van der Waals surface area contributed by atoms with Crippen LogP contribution in [0.25, 0.3) is 22.0 Å². The SMILES string of the molecule is Cn1cc2ccc(-c3ccc(C4=NC5(CC5)C(=O)N4CC4CN(C(=O)C5CC5)C4)c(F)c3)cc2n1.